The largest absolute Gasteiger partial charge is 0.344 e. The Morgan fingerprint density at radius 1 is 0.333 bits per heavy atom. The summed E-state index contributed by atoms with van der Waals surface area (Å²) in [6.45, 7) is 0. The molecular formula is H12N4Ti4W. The summed E-state index contributed by atoms with van der Waals surface area (Å²) in [6.07, 6.45) is 0. The van der Waals surface area contributed by atoms with Crippen LogP contribution < -0.4 is 24.6 Å². The molecule has 0 fully saturated rings. The average molecular weight is 443 g/mol. The van der Waals surface area contributed by atoms with Crippen LogP contribution in [0.4, 0.5) is 0 Å². The van der Waals surface area contributed by atoms with Crippen LogP contribution in [0.5, 0.6) is 0 Å². The second-order valence-electron chi connectivity index (χ2n) is 0. The van der Waals surface area contributed by atoms with Crippen LogP contribution in [0.1, 0.15) is 0 Å². The summed E-state index contributed by atoms with van der Waals surface area (Å²) in [5.41, 5.74) is 0. The molecule has 54 valence electrons. The van der Waals surface area contributed by atoms with E-state index >= 15 is 0 Å². The molecule has 9 heavy (non-hydrogen) atoms. The molecule has 0 spiro atoms. The van der Waals surface area contributed by atoms with Crippen molar-refractivity contribution in [3.8, 4) is 0 Å². The zero-order valence-corrected chi connectivity index (χ0v) is 14.4. The first-order valence-corrected chi connectivity index (χ1v) is 0. The van der Waals surface area contributed by atoms with Crippen molar-refractivity contribution in [3.05, 3.63) is 0 Å². The van der Waals surface area contributed by atoms with Crippen molar-refractivity contribution < 1.29 is 108 Å². The monoisotopic (exact) mass is 444 g/mol. The van der Waals surface area contributed by atoms with Gasteiger partial charge in [-0.25, -0.2) is 0 Å². The maximum atomic E-state index is 0. The molecule has 0 radical (unpaired) electrons. The Balaban J connectivity index is 0. The summed E-state index contributed by atoms with van der Waals surface area (Å²) >= 11 is 0. The fraction of sp³-hybridized carbons (Fsp3) is 0. The second-order valence-corrected chi connectivity index (χ2v) is 0. The Morgan fingerprint density at radius 3 is 0.333 bits per heavy atom. The van der Waals surface area contributed by atoms with Gasteiger partial charge in [0.1, 0.15) is 0 Å². The Bertz CT molecular complexity index is 12.5. The molecule has 0 rings (SSSR count). The zero-order valence-electron chi connectivity index (χ0n) is 5.24. The molecule has 0 aromatic rings. The summed E-state index contributed by atoms with van der Waals surface area (Å²) in [4.78, 5) is 0. The molecule has 0 unspecified atom stereocenters. The van der Waals surface area contributed by atoms with Gasteiger partial charge in [-0.05, 0) is 0 Å². The van der Waals surface area contributed by atoms with Crippen LogP contribution in [-0.2, 0) is 108 Å². The summed E-state index contributed by atoms with van der Waals surface area (Å²) in [5, 5.41) is 0. The third-order valence-corrected chi connectivity index (χ3v) is 0. The number of rotatable bonds is 0. The van der Waals surface area contributed by atoms with Gasteiger partial charge in [0.25, 0.3) is 0 Å². The van der Waals surface area contributed by atoms with Crippen molar-refractivity contribution in [2.24, 2.45) is 0 Å². The topological polar surface area (TPSA) is 140 Å². The van der Waals surface area contributed by atoms with Crippen LogP contribution in [0, 0.1) is 0 Å². The fourth-order valence-corrected chi connectivity index (χ4v) is 0. The van der Waals surface area contributed by atoms with E-state index in [9.17, 15) is 0 Å². The average Bonchev–Trinajstić information content (AvgIpc) is 0. The quantitative estimate of drug-likeness (QED) is 0.408. The third-order valence-electron chi connectivity index (χ3n) is 0. The van der Waals surface area contributed by atoms with E-state index in [1.807, 2.05) is 0 Å². The van der Waals surface area contributed by atoms with E-state index in [2.05, 4.69) is 0 Å². The molecule has 0 saturated heterocycles. The summed E-state index contributed by atoms with van der Waals surface area (Å²) < 4.78 is 0. The van der Waals surface area contributed by atoms with Crippen molar-refractivity contribution in [1.82, 2.24) is 24.6 Å². The minimum Gasteiger partial charge on any atom is -0.344 e. The van der Waals surface area contributed by atoms with Gasteiger partial charge in [0.15, 0.2) is 0 Å². The molecule has 12 N–H and O–H groups in total. The zero-order chi connectivity index (χ0) is 0. The van der Waals surface area contributed by atoms with Crippen LogP contribution in [0.15, 0.2) is 0 Å². The van der Waals surface area contributed by atoms with E-state index in [0.29, 0.717) is 0 Å². The smallest absolute Gasteiger partial charge is 0 e. The van der Waals surface area contributed by atoms with Crippen molar-refractivity contribution in [2.45, 2.75) is 0 Å². The first-order valence-electron chi connectivity index (χ1n) is 0. The van der Waals surface area contributed by atoms with Gasteiger partial charge in [-0.1, -0.05) is 0 Å². The van der Waals surface area contributed by atoms with Gasteiger partial charge in [0, 0.05) is 108 Å². The van der Waals surface area contributed by atoms with E-state index in [-0.39, 0.29) is 133 Å². The molecular weight excluding hydrogens is 431 g/mol. The standard InChI is InChI=1S/4H3N.4Ti.W/h4*1H3;;;;;. The SMILES string of the molecule is N.N.N.N.[Ti].[Ti].[Ti].[Ti].[W]. The van der Waals surface area contributed by atoms with Crippen LogP contribution in [0.2, 0.25) is 0 Å². The van der Waals surface area contributed by atoms with Crippen molar-refractivity contribution in [2.75, 3.05) is 0 Å². The Labute approximate surface area is 130 Å². The van der Waals surface area contributed by atoms with Gasteiger partial charge >= 0.3 is 0 Å². The molecule has 0 saturated carbocycles. The summed E-state index contributed by atoms with van der Waals surface area (Å²) in [5.74, 6) is 0. The molecule has 0 heterocycles. The molecule has 0 aliphatic heterocycles. The van der Waals surface area contributed by atoms with Gasteiger partial charge in [0.2, 0.25) is 0 Å². The van der Waals surface area contributed by atoms with Gasteiger partial charge in [-0.15, -0.1) is 0 Å². The van der Waals surface area contributed by atoms with E-state index in [1.54, 1.807) is 0 Å². The van der Waals surface area contributed by atoms with Crippen molar-refractivity contribution in [3.63, 3.8) is 0 Å². The first kappa shape index (κ1) is 140. The molecule has 0 atom stereocenters. The number of hydrogen-bond acceptors (Lipinski definition) is 4. The summed E-state index contributed by atoms with van der Waals surface area (Å²) in [7, 11) is 0. The van der Waals surface area contributed by atoms with Crippen molar-refractivity contribution >= 4 is 0 Å². The Kier molecular flexibility index (Phi) is 1670. The molecule has 0 aromatic heterocycles. The van der Waals surface area contributed by atoms with Crippen LogP contribution in [0.25, 0.3) is 0 Å². The minimum atomic E-state index is 0. The van der Waals surface area contributed by atoms with E-state index in [4.69, 9.17) is 0 Å². The molecule has 9 heteroatoms. The van der Waals surface area contributed by atoms with Crippen LogP contribution in [0.3, 0.4) is 0 Å². The Morgan fingerprint density at radius 2 is 0.333 bits per heavy atom. The normalized spacial score (nSPS) is 0. The molecule has 0 amide bonds. The van der Waals surface area contributed by atoms with E-state index in [0.717, 1.165) is 0 Å². The first-order chi connectivity index (χ1) is 0. The van der Waals surface area contributed by atoms with E-state index < -0.39 is 0 Å². The molecule has 4 nitrogen and oxygen atoms in total. The molecule has 0 aromatic carbocycles. The fourth-order valence-electron chi connectivity index (χ4n) is 0. The van der Waals surface area contributed by atoms with E-state index in [1.165, 1.54) is 0 Å². The van der Waals surface area contributed by atoms with Crippen molar-refractivity contribution in [1.29, 1.82) is 0 Å². The minimum absolute atomic E-state index is 0. The molecule has 0 aliphatic rings. The second kappa shape index (κ2) is 107. The summed E-state index contributed by atoms with van der Waals surface area (Å²) in [6, 6.07) is 0. The maximum Gasteiger partial charge on any atom is 0 e. The van der Waals surface area contributed by atoms with Crippen LogP contribution >= 0.6 is 0 Å². The van der Waals surface area contributed by atoms with Crippen LogP contribution in [-0.4, -0.2) is 0 Å². The Hall–Kier alpha value is 3.39. The predicted octanol–water partition coefficient (Wildman–Crippen LogP) is 0.635. The number of hydrogen-bond donors (Lipinski definition) is 4. The van der Waals surface area contributed by atoms with Gasteiger partial charge in [-0.3, -0.25) is 0 Å². The third kappa shape index (κ3) is 87.5. The predicted molar refractivity (Wildman–Crippen MR) is 20.1 cm³/mol. The maximum absolute atomic E-state index is 0. The van der Waals surface area contributed by atoms with Gasteiger partial charge in [-0.2, -0.15) is 0 Å². The molecule has 0 aliphatic carbocycles. The molecule has 0 bridgehead atoms. The van der Waals surface area contributed by atoms with Gasteiger partial charge < -0.3 is 24.6 Å². The van der Waals surface area contributed by atoms with Gasteiger partial charge in [0.05, 0.1) is 0 Å².